The lowest BCUT2D eigenvalue weighted by Crippen LogP contribution is -2.22. The third-order valence-corrected chi connectivity index (χ3v) is 3.10. The maximum absolute atomic E-state index is 11.8. The number of amides is 1. The van der Waals surface area contributed by atoms with Gasteiger partial charge in [-0.25, -0.2) is 0 Å². The topological polar surface area (TPSA) is 52.9 Å². The number of nitrogens with zero attached hydrogens (tertiary/aromatic N) is 1. The van der Waals surface area contributed by atoms with Gasteiger partial charge in [0.1, 0.15) is 5.41 Å². The van der Waals surface area contributed by atoms with Gasteiger partial charge in [0.2, 0.25) is 5.91 Å². The molecule has 1 amide bonds. The lowest BCUT2D eigenvalue weighted by molar-refractivity contribution is -0.119. The van der Waals surface area contributed by atoms with Gasteiger partial charge in [0, 0.05) is 0 Å². The highest BCUT2D eigenvalue weighted by Crippen LogP contribution is 2.46. The molecule has 1 aliphatic rings. The Balaban J connectivity index is 2.19. The summed E-state index contributed by atoms with van der Waals surface area (Å²) in [5.41, 5.74) is 0.780. The van der Waals surface area contributed by atoms with E-state index in [1.54, 1.807) is 12.1 Å². The maximum atomic E-state index is 11.8. The molecule has 82 valence electrons. The van der Waals surface area contributed by atoms with Crippen molar-refractivity contribution in [3.63, 3.8) is 0 Å². The van der Waals surface area contributed by atoms with E-state index in [0.717, 1.165) is 5.56 Å². The molecule has 1 aromatic carbocycles. The van der Waals surface area contributed by atoms with Crippen LogP contribution < -0.4 is 5.32 Å². The molecule has 0 spiro atoms. The van der Waals surface area contributed by atoms with E-state index in [2.05, 4.69) is 11.4 Å². The van der Waals surface area contributed by atoms with Crippen molar-refractivity contribution in [1.82, 2.24) is 0 Å². The third-order valence-electron chi connectivity index (χ3n) is 2.77. The Hall–Kier alpha value is -1.53. The van der Waals surface area contributed by atoms with Crippen molar-refractivity contribution in [1.29, 1.82) is 5.26 Å². The van der Waals surface area contributed by atoms with Crippen LogP contribution in [0.15, 0.2) is 18.2 Å². The minimum absolute atomic E-state index is 0.248. The molecule has 3 nitrogen and oxygen atoms in total. The normalized spacial score (nSPS) is 16.3. The maximum Gasteiger partial charge on any atom is 0.244 e. The second kappa shape index (κ2) is 3.80. The quantitative estimate of drug-likeness (QED) is 0.856. The van der Waals surface area contributed by atoms with Gasteiger partial charge in [-0.1, -0.05) is 17.7 Å². The molecule has 0 radical (unpaired) electrons. The first-order chi connectivity index (χ1) is 7.57. The van der Waals surface area contributed by atoms with Crippen LogP contribution in [0.4, 0.5) is 5.69 Å². The highest BCUT2D eigenvalue weighted by Gasteiger charge is 2.50. The Bertz CT molecular complexity index is 486. The van der Waals surface area contributed by atoms with Crippen LogP contribution in [0, 0.1) is 23.7 Å². The lowest BCUT2D eigenvalue weighted by Gasteiger charge is -2.10. The molecule has 1 aliphatic carbocycles. The Kier molecular flexibility index (Phi) is 2.61. The fourth-order valence-corrected chi connectivity index (χ4v) is 1.66. The predicted molar refractivity (Wildman–Crippen MR) is 62.1 cm³/mol. The smallest absolute Gasteiger partial charge is 0.244 e. The minimum atomic E-state index is -0.812. The second-order valence-corrected chi connectivity index (χ2v) is 4.54. The van der Waals surface area contributed by atoms with E-state index >= 15 is 0 Å². The number of anilines is 1. The predicted octanol–water partition coefficient (Wildman–Crippen LogP) is 2.89. The van der Waals surface area contributed by atoms with E-state index in [4.69, 9.17) is 16.9 Å². The summed E-state index contributed by atoms with van der Waals surface area (Å²) in [7, 11) is 0. The zero-order valence-corrected chi connectivity index (χ0v) is 9.64. The average Bonchev–Trinajstić information content (AvgIpc) is 3.04. The minimum Gasteiger partial charge on any atom is -0.323 e. The Morgan fingerprint density at radius 1 is 1.56 bits per heavy atom. The van der Waals surface area contributed by atoms with Crippen molar-refractivity contribution in [2.24, 2.45) is 5.41 Å². The standard InChI is InChI=1S/C12H11ClN2O/c1-8-2-3-9(13)10(6-8)15-11(16)12(7-14)4-5-12/h2-3,6H,4-5H2,1H3,(H,15,16). The van der Waals surface area contributed by atoms with Crippen LogP contribution in [0.5, 0.6) is 0 Å². The van der Waals surface area contributed by atoms with Crippen molar-refractivity contribution in [2.75, 3.05) is 5.32 Å². The van der Waals surface area contributed by atoms with E-state index in [9.17, 15) is 4.79 Å². The van der Waals surface area contributed by atoms with E-state index in [-0.39, 0.29) is 5.91 Å². The molecular formula is C12H11ClN2O. The van der Waals surface area contributed by atoms with E-state index in [1.807, 2.05) is 13.0 Å². The van der Waals surface area contributed by atoms with Crippen molar-refractivity contribution >= 4 is 23.2 Å². The molecular weight excluding hydrogens is 224 g/mol. The molecule has 0 saturated heterocycles. The average molecular weight is 235 g/mol. The summed E-state index contributed by atoms with van der Waals surface area (Å²) in [4.78, 5) is 11.8. The van der Waals surface area contributed by atoms with E-state index < -0.39 is 5.41 Å². The summed E-state index contributed by atoms with van der Waals surface area (Å²) in [5.74, 6) is -0.248. The van der Waals surface area contributed by atoms with Gasteiger partial charge in [0.05, 0.1) is 16.8 Å². The van der Waals surface area contributed by atoms with E-state index in [0.29, 0.717) is 23.6 Å². The van der Waals surface area contributed by atoms with Crippen molar-refractivity contribution in [3.05, 3.63) is 28.8 Å². The van der Waals surface area contributed by atoms with Crippen LogP contribution in [-0.4, -0.2) is 5.91 Å². The van der Waals surface area contributed by atoms with Gasteiger partial charge in [-0.05, 0) is 37.5 Å². The Morgan fingerprint density at radius 3 is 2.81 bits per heavy atom. The van der Waals surface area contributed by atoms with Gasteiger partial charge in [0.15, 0.2) is 0 Å². The molecule has 0 aromatic heterocycles. The fraction of sp³-hybridized carbons (Fsp3) is 0.333. The van der Waals surface area contributed by atoms with Crippen LogP contribution in [0.2, 0.25) is 5.02 Å². The molecule has 0 unspecified atom stereocenters. The first-order valence-electron chi connectivity index (χ1n) is 5.06. The lowest BCUT2D eigenvalue weighted by atomic mass is 10.1. The molecule has 1 fully saturated rings. The number of nitriles is 1. The number of nitrogens with one attached hydrogen (secondary N) is 1. The molecule has 4 heteroatoms. The van der Waals surface area contributed by atoms with E-state index in [1.165, 1.54) is 0 Å². The highest BCUT2D eigenvalue weighted by molar-refractivity contribution is 6.33. The van der Waals surface area contributed by atoms with Crippen LogP contribution >= 0.6 is 11.6 Å². The molecule has 1 saturated carbocycles. The van der Waals surface area contributed by atoms with Gasteiger partial charge in [0.25, 0.3) is 0 Å². The number of halogens is 1. The fourth-order valence-electron chi connectivity index (χ4n) is 1.49. The summed E-state index contributed by atoms with van der Waals surface area (Å²) in [5, 5.41) is 12.1. The second-order valence-electron chi connectivity index (χ2n) is 4.13. The number of carbonyl (C=O) groups excluding carboxylic acids is 1. The number of carbonyl (C=O) groups is 1. The molecule has 1 N–H and O–H groups in total. The molecule has 2 rings (SSSR count). The summed E-state index contributed by atoms with van der Waals surface area (Å²) >= 11 is 5.96. The molecule has 0 atom stereocenters. The van der Waals surface area contributed by atoms with Gasteiger partial charge in [-0.2, -0.15) is 5.26 Å². The molecule has 0 bridgehead atoms. The van der Waals surface area contributed by atoms with Gasteiger partial charge in [-0.15, -0.1) is 0 Å². The first kappa shape index (κ1) is 11.0. The molecule has 1 aromatic rings. The zero-order chi connectivity index (χ0) is 11.8. The van der Waals surface area contributed by atoms with Crippen LogP contribution in [0.25, 0.3) is 0 Å². The monoisotopic (exact) mass is 234 g/mol. The zero-order valence-electron chi connectivity index (χ0n) is 8.88. The largest absolute Gasteiger partial charge is 0.323 e. The SMILES string of the molecule is Cc1ccc(Cl)c(NC(=O)C2(C#N)CC2)c1. The molecule has 0 heterocycles. The Labute approximate surface area is 99.0 Å². The number of aryl methyl sites for hydroxylation is 1. The molecule has 0 aliphatic heterocycles. The van der Waals surface area contributed by atoms with Crippen LogP contribution in [-0.2, 0) is 4.79 Å². The number of rotatable bonds is 2. The summed E-state index contributed by atoms with van der Waals surface area (Å²) in [6, 6.07) is 7.46. The van der Waals surface area contributed by atoms with Crippen molar-refractivity contribution in [3.8, 4) is 6.07 Å². The highest BCUT2D eigenvalue weighted by atomic mass is 35.5. The summed E-state index contributed by atoms with van der Waals surface area (Å²) in [6.07, 6.45) is 1.28. The summed E-state index contributed by atoms with van der Waals surface area (Å²) < 4.78 is 0. The van der Waals surface area contributed by atoms with Gasteiger partial charge < -0.3 is 5.32 Å². The number of hydrogen-bond acceptors (Lipinski definition) is 2. The molecule has 16 heavy (non-hydrogen) atoms. The van der Waals surface area contributed by atoms with Crippen molar-refractivity contribution < 1.29 is 4.79 Å². The Morgan fingerprint density at radius 2 is 2.25 bits per heavy atom. The number of benzene rings is 1. The number of hydrogen-bond donors (Lipinski definition) is 1. The van der Waals surface area contributed by atoms with Crippen LogP contribution in [0.3, 0.4) is 0 Å². The third kappa shape index (κ3) is 1.89. The van der Waals surface area contributed by atoms with Crippen LogP contribution in [0.1, 0.15) is 18.4 Å². The van der Waals surface area contributed by atoms with Crippen molar-refractivity contribution in [2.45, 2.75) is 19.8 Å². The first-order valence-corrected chi connectivity index (χ1v) is 5.44. The van der Waals surface area contributed by atoms with Gasteiger partial charge in [-0.3, -0.25) is 4.79 Å². The summed E-state index contributed by atoms with van der Waals surface area (Å²) in [6.45, 7) is 1.92. The van der Waals surface area contributed by atoms with Gasteiger partial charge >= 0.3 is 0 Å².